The minimum Gasteiger partial charge on any atom is -0.477 e. The number of aliphatic carboxylic acids is 2. The van der Waals surface area contributed by atoms with E-state index in [1.807, 2.05) is 0 Å². The third-order valence-electron chi connectivity index (χ3n) is 2.74. The van der Waals surface area contributed by atoms with Crippen molar-refractivity contribution >= 4 is 24.1 Å². The fourth-order valence-corrected chi connectivity index (χ4v) is 1.54. The zero-order valence-electron chi connectivity index (χ0n) is 12.4. The number of carboxylic acids is 2. The van der Waals surface area contributed by atoms with Crippen LogP contribution in [0.4, 0.5) is 0 Å². The SMILES string of the molecule is N#CC(=CC=Cc1ccc(C=CC=C(C#N)C(=O)O)cc1)C(=O)O. The average molecular weight is 320 g/mol. The van der Waals surface area contributed by atoms with Crippen LogP contribution in [0.15, 0.2) is 59.7 Å². The van der Waals surface area contributed by atoms with Crippen LogP contribution in [0.3, 0.4) is 0 Å². The van der Waals surface area contributed by atoms with Crippen molar-refractivity contribution in [1.82, 2.24) is 0 Å². The number of carbonyl (C=O) groups is 2. The summed E-state index contributed by atoms with van der Waals surface area (Å²) in [4.78, 5) is 21.3. The summed E-state index contributed by atoms with van der Waals surface area (Å²) in [7, 11) is 0. The van der Waals surface area contributed by atoms with Gasteiger partial charge in [0.25, 0.3) is 0 Å². The van der Waals surface area contributed by atoms with Gasteiger partial charge >= 0.3 is 11.9 Å². The predicted molar refractivity (Wildman–Crippen MR) is 87.2 cm³/mol. The van der Waals surface area contributed by atoms with E-state index in [9.17, 15) is 9.59 Å². The van der Waals surface area contributed by atoms with E-state index in [0.717, 1.165) is 11.1 Å². The summed E-state index contributed by atoms with van der Waals surface area (Å²) in [5, 5.41) is 34.6. The van der Waals surface area contributed by atoms with Gasteiger partial charge in [-0.15, -0.1) is 0 Å². The van der Waals surface area contributed by atoms with Crippen LogP contribution in [-0.4, -0.2) is 22.2 Å². The highest BCUT2D eigenvalue weighted by atomic mass is 16.4. The molecule has 0 saturated carbocycles. The second-order valence-electron chi connectivity index (χ2n) is 4.38. The molecule has 0 bridgehead atoms. The van der Waals surface area contributed by atoms with E-state index in [1.54, 1.807) is 48.6 Å². The molecule has 0 atom stereocenters. The fourth-order valence-electron chi connectivity index (χ4n) is 1.54. The van der Waals surface area contributed by atoms with E-state index in [2.05, 4.69) is 0 Å². The first-order valence-electron chi connectivity index (χ1n) is 6.61. The van der Waals surface area contributed by atoms with E-state index in [-0.39, 0.29) is 11.1 Å². The lowest BCUT2D eigenvalue weighted by molar-refractivity contribution is -0.133. The minimum absolute atomic E-state index is 0.357. The molecule has 1 aromatic carbocycles. The molecule has 0 fully saturated rings. The van der Waals surface area contributed by atoms with E-state index in [4.69, 9.17) is 20.7 Å². The summed E-state index contributed by atoms with van der Waals surface area (Å²) >= 11 is 0. The van der Waals surface area contributed by atoms with Crippen molar-refractivity contribution in [1.29, 1.82) is 10.5 Å². The monoisotopic (exact) mass is 320 g/mol. The number of carboxylic acid groups (broad SMARTS) is 2. The summed E-state index contributed by atoms with van der Waals surface area (Å²) < 4.78 is 0. The van der Waals surface area contributed by atoms with E-state index >= 15 is 0 Å². The Morgan fingerprint density at radius 2 is 1.12 bits per heavy atom. The second kappa shape index (κ2) is 9.19. The Morgan fingerprint density at radius 1 is 0.792 bits per heavy atom. The first-order chi connectivity index (χ1) is 11.5. The molecule has 24 heavy (non-hydrogen) atoms. The lowest BCUT2D eigenvalue weighted by Crippen LogP contribution is -1.96. The zero-order chi connectivity index (χ0) is 17.9. The highest BCUT2D eigenvalue weighted by Crippen LogP contribution is 2.09. The van der Waals surface area contributed by atoms with Gasteiger partial charge in [0.1, 0.15) is 23.3 Å². The number of hydrogen-bond donors (Lipinski definition) is 2. The molecular weight excluding hydrogens is 308 g/mol. The molecule has 0 unspecified atom stereocenters. The van der Waals surface area contributed by atoms with Gasteiger partial charge in [-0.2, -0.15) is 10.5 Å². The first-order valence-corrected chi connectivity index (χ1v) is 6.61. The number of nitrogens with zero attached hydrogens (tertiary/aromatic N) is 2. The minimum atomic E-state index is -1.28. The van der Waals surface area contributed by atoms with E-state index < -0.39 is 11.9 Å². The van der Waals surface area contributed by atoms with Crippen LogP contribution in [0, 0.1) is 22.7 Å². The van der Waals surface area contributed by atoms with Crippen molar-refractivity contribution in [2.24, 2.45) is 0 Å². The highest BCUT2D eigenvalue weighted by Gasteiger charge is 2.03. The number of rotatable bonds is 6. The Morgan fingerprint density at radius 3 is 1.38 bits per heavy atom. The Bertz CT molecular complexity index is 758. The molecule has 6 nitrogen and oxygen atoms in total. The summed E-state index contributed by atoms with van der Waals surface area (Å²) in [5.41, 5.74) is 0.878. The van der Waals surface area contributed by atoms with Gasteiger partial charge in [0, 0.05) is 0 Å². The van der Waals surface area contributed by atoms with Gasteiger partial charge in [0.2, 0.25) is 0 Å². The molecule has 0 aliphatic rings. The molecule has 1 aromatic rings. The van der Waals surface area contributed by atoms with Crippen LogP contribution in [0.1, 0.15) is 11.1 Å². The first kappa shape index (κ1) is 18.1. The third-order valence-corrected chi connectivity index (χ3v) is 2.74. The van der Waals surface area contributed by atoms with Crippen LogP contribution >= 0.6 is 0 Å². The van der Waals surface area contributed by atoms with Crippen LogP contribution in [0.2, 0.25) is 0 Å². The summed E-state index contributed by atoms with van der Waals surface area (Å²) in [6, 6.07) is 10.2. The number of allylic oxidation sites excluding steroid dienone is 4. The standard InChI is InChI=1S/C18H12N2O4/c19-11-15(17(21)22)5-1-3-13-7-9-14(10-8-13)4-2-6-16(12-20)18(23)24/h1-10H,(H,21,22)(H,23,24). The molecule has 0 radical (unpaired) electrons. The Kier molecular flexibility index (Phi) is 6.95. The molecule has 0 spiro atoms. The molecular formula is C18H12N2O4. The topological polar surface area (TPSA) is 122 Å². The van der Waals surface area contributed by atoms with E-state index in [1.165, 1.54) is 24.3 Å². The number of benzene rings is 1. The van der Waals surface area contributed by atoms with Gasteiger partial charge in [-0.1, -0.05) is 48.6 Å². The largest absolute Gasteiger partial charge is 0.477 e. The maximum absolute atomic E-state index is 10.6. The van der Waals surface area contributed by atoms with Crippen LogP contribution in [-0.2, 0) is 9.59 Å². The van der Waals surface area contributed by atoms with Crippen molar-refractivity contribution in [2.45, 2.75) is 0 Å². The quantitative estimate of drug-likeness (QED) is 0.472. The van der Waals surface area contributed by atoms with Crippen LogP contribution in [0.5, 0.6) is 0 Å². The lowest BCUT2D eigenvalue weighted by atomic mass is 10.1. The molecule has 0 heterocycles. The van der Waals surface area contributed by atoms with Crippen molar-refractivity contribution < 1.29 is 19.8 Å². The Hall–Kier alpha value is -3.90. The van der Waals surface area contributed by atoms with Gasteiger partial charge in [-0.05, 0) is 23.3 Å². The maximum atomic E-state index is 10.6. The molecule has 0 saturated heterocycles. The zero-order valence-corrected chi connectivity index (χ0v) is 12.4. The van der Waals surface area contributed by atoms with Gasteiger partial charge in [-0.25, -0.2) is 9.59 Å². The maximum Gasteiger partial charge on any atom is 0.346 e. The smallest absolute Gasteiger partial charge is 0.346 e. The molecule has 0 aliphatic carbocycles. The van der Waals surface area contributed by atoms with Gasteiger partial charge < -0.3 is 10.2 Å². The normalized spacial score (nSPS) is 12.1. The van der Waals surface area contributed by atoms with Crippen LogP contribution < -0.4 is 0 Å². The third kappa shape index (κ3) is 5.84. The van der Waals surface area contributed by atoms with Crippen LogP contribution in [0.25, 0.3) is 12.2 Å². The van der Waals surface area contributed by atoms with Crippen molar-refractivity contribution in [3.63, 3.8) is 0 Å². The molecule has 1 rings (SSSR count). The molecule has 0 aromatic heterocycles. The molecule has 0 aliphatic heterocycles. The molecule has 0 amide bonds. The van der Waals surface area contributed by atoms with Gasteiger partial charge in [-0.3, -0.25) is 0 Å². The molecule has 2 N–H and O–H groups in total. The summed E-state index contributed by atoms with van der Waals surface area (Å²) in [6.45, 7) is 0. The molecule has 118 valence electrons. The second-order valence-corrected chi connectivity index (χ2v) is 4.38. The predicted octanol–water partition coefficient (Wildman–Crippen LogP) is 2.78. The Balaban J connectivity index is 2.81. The Labute approximate surface area is 138 Å². The number of nitriles is 2. The fraction of sp³-hybridized carbons (Fsp3) is 0. The lowest BCUT2D eigenvalue weighted by Gasteiger charge is -1.95. The van der Waals surface area contributed by atoms with Crippen molar-refractivity contribution in [3.05, 3.63) is 70.8 Å². The number of hydrogen-bond acceptors (Lipinski definition) is 4. The van der Waals surface area contributed by atoms with Crippen molar-refractivity contribution in [3.8, 4) is 12.1 Å². The average Bonchev–Trinajstić information content (AvgIpc) is 2.56. The summed E-state index contributed by atoms with van der Waals surface area (Å²) in [6.07, 6.45) is 8.63. The van der Waals surface area contributed by atoms with E-state index in [0.29, 0.717) is 0 Å². The van der Waals surface area contributed by atoms with Gasteiger partial charge in [0.05, 0.1) is 0 Å². The summed E-state index contributed by atoms with van der Waals surface area (Å²) in [5.74, 6) is -2.57. The van der Waals surface area contributed by atoms with Gasteiger partial charge in [0.15, 0.2) is 0 Å². The highest BCUT2D eigenvalue weighted by molar-refractivity contribution is 5.92. The molecule has 6 heteroatoms. The van der Waals surface area contributed by atoms with Crippen molar-refractivity contribution in [2.75, 3.05) is 0 Å².